The zero-order chi connectivity index (χ0) is 13.0. The first-order valence-corrected chi connectivity index (χ1v) is 7.09. The van der Waals surface area contributed by atoms with Gasteiger partial charge < -0.3 is 14.5 Å². The number of piperidine rings is 2. The van der Waals surface area contributed by atoms with Gasteiger partial charge in [0.25, 0.3) is 0 Å². The fourth-order valence-electron chi connectivity index (χ4n) is 3.11. The third-order valence-electron chi connectivity index (χ3n) is 4.35. The maximum absolute atomic E-state index is 11.6. The molecule has 103 valence electrons. The summed E-state index contributed by atoms with van der Waals surface area (Å²) in [5.41, 5.74) is 0. The van der Waals surface area contributed by atoms with Gasteiger partial charge in [0, 0.05) is 45.8 Å². The lowest BCUT2D eigenvalue weighted by Crippen LogP contribution is -2.49. The molecule has 2 saturated heterocycles. The summed E-state index contributed by atoms with van der Waals surface area (Å²) in [4.78, 5) is 16.1. The first-order chi connectivity index (χ1) is 8.74. The van der Waals surface area contributed by atoms with E-state index in [-0.39, 0.29) is 5.91 Å². The molecule has 0 bridgehead atoms. The van der Waals surface area contributed by atoms with Crippen LogP contribution in [-0.2, 0) is 9.53 Å². The van der Waals surface area contributed by atoms with E-state index in [1.165, 1.54) is 0 Å². The molecule has 1 amide bonds. The summed E-state index contributed by atoms with van der Waals surface area (Å²) >= 11 is 0. The number of carbonyl (C=O) groups excluding carboxylic acids is 1. The van der Waals surface area contributed by atoms with Crippen LogP contribution in [0.5, 0.6) is 0 Å². The molecule has 2 fully saturated rings. The van der Waals surface area contributed by atoms with Gasteiger partial charge in [-0.25, -0.2) is 0 Å². The van der Waals surface area contributed by atoms with Crippen LogP contribution in [0.4, 0.5) is 0 Å². The van der Waals surface area contributed by atoms with Gasteiger partial charge in [0.2, 0.25) is 5.91 Å². The van der Waals surface area contributed by atoms with Crippen LogP contribution in [0.2, 0.25) is 0 Å². The molecule has 0 spiro atoms. The predicted octanol–water partition coefficient (Wildman–Crippen LogP) is 1.31. The van der Waals surface area contributed by atoms with E-state index in [1.807, 2.05) is 18.9 Å². The van der Waals surface area contributed by atoms with Crippen molar-refractivity contribution in [1.29, 1.82) is 0 Å². The Morgan fingerprint density at radius 3 is 2.22 bits per heavy atom. The Labute approximate surface area is 110 Å². The van der Waals surface area contributed by atoms with Gasteiger partial charge in [-0.05, 0) is 25.7 Å². The number of likely N-dealkylation sites (tertiary alicyclic amines) is 2. The average Bonchev–Trinajstić information content (AvgIpc) is 2.47. The van der Waals surface area contributed by atoms with Gasteiger partial charge in [0.05, 0.1) is 6.10 Å². The molecule has 0 saturated carbocycles. The number of nitrogens with zero attached hydrogens (tertiary/aromatic N) is 2. The second-order valence-corrected chi connectivity index (χ2v) is 5.32. The maximum atomic E-state index is 11.6. The monoisotopic (exact) mass is 253 g/mol. The molecule has 0 atom stereocenters. The largest absolute Gasteiger partial charge is 0.381 e. The SMILES string of the molecule is C[CH]C(=O)N1CCC(N2CCC(OC)CC2)CC1. The Kier molecular flexibility index (Phi) is 5.01. The Morgan fingerprint density at radius 1 is 1.11 bits per heavy atom. The first-order valence-electron chi connectivity index (χ1n) is 7.09. The van der Waals surface area contributed by atoms with Crippen LogP contribution in [0.1, 0.15) is 32.6 Å². The molecular weight excluding hydrogens is 228 g/mol. The summed E-state index contributed by atoms with van der Waals surface area (Å²) in [6.07, 6.45) is 6.67. The Balaban J connectivity index is 1.75. The highest BCUT2D eigenvalue weighted by Gasteiger charge is 2.29. The van der Waals surface area contributed by atoms with Crippen molar-refractivity contribution in [1.82, 2.24) is 9.80 Å². The van der Waals surface area contributed by atoms with Gasteiger partial charge in [0.15, 0.2) is 0 Å². The number of ether oxygens (including phenoxy) is 1. The second-order valence-electron chi connectivity index (χ2n) is 5.32. The van der Waals surface area contributed by atoms with Crippen LogP contribution in [0, 0.1) is 6.42 Å². The summed E-state index contributed by atoms with van der Waals surface area (Å²) < 4.78 is 5.41. The molecule has 4 nitrogen and oxygen atoms in total. The number of carbonyl (C=O) groups is 1. The van der Waals surface area contributed by atoms with Crippen LogP contribution < -0.4 is 0 Å². The maximum Gasteiger partial charge on any atom is 0.226 e. The lowest BCUT2D eigenvalue weighted by Gasteiger charge is -2.41. The summed E-state index contributed by atoms with van der Waals surface area (Å²) in [6.45, 7) is 5.95. The van der Waals surface area contributed by atoms with E-state index in [0.717, 1.165) is 51.9 Å². The standard InChI is InChI=1S/C14H25N2O2/c1-3-14(17)16-8-4-12(5-9-16)15-10-6-13(18-2)7-11-15/h3,12-13H,4-11H2,1-2H3. The average molecular weight is 253 g/mol. The van der Waals surface area contributed by atoms with Gasteiger partial charge in [-0.1, -0.05) is 6.92 Å². The molecular formula is C14H25N2O2. The molecule has 0 aromatic heterocycles. The molecule has 0 aromatic rings. The predicted molar refractivity (Wildman–Crippen MR) is 71.2 cm³/mol. The Hall–Kier alpha value is -0.610. The van der Waals surface area contributed by atoms with E-state index in [9.17, 15) is 4.79 Å². The minimum Gasteiger partial charge on any atom is -0.381 e. The van der Waals surface area contributed by atoms with E-state index in [0.29, 0.717) is 12.1 Å². The van der Waals surface area contributed by atoms with Gasteiger partial charge >= 0.3 is 0 Å². The van der Waals surface area contributed by atoms with Crippen LogP contribution in [0.15, 0.2) is 0 Å². The van der Waals surface area contributed by atoms with Crippen LogP contribution >= 0.6 is 0 Å². The quantitative estimate of drug-likeness (QED) is 0.760. The van der Waals surface area contributed by atoms with Crippen molar-refractivity contribution in [2.24, 2.45) is 0 Å². The number of methoxy groups -OCH3 is 1. The molecule has 0 aliphatic carbocycles. The molecule has 2 heterocycles. The fourth-order valence-corrected chi connectivity index (χ4v) is 3.11. The molecule has 2 rings (SSSR count). The summed E-state index contributed by atoms with van der Waals surface area (Å²) in [5, 5.41) is 0. The third-order valence-corrected chi connectivity index (χ3v) is 4.35. The number of rotatable bonds is 3. The minimum atomic E-state index is 0.187. The van der Waals surface area contributed by atoms with Gasteiger partial charge in [-0.15, -0.1) is 0 Å². The Bertz CT molecular complexity index is 267. The lowest BCUT2D eigenvalue weighted by molar-refractivity contribution is -0.129. The van der Waals surface area contributed by atoms with Crippen molar-refractivity contribution >= 4 is 5.91 Å². The molecule has 0 N–H and O–H groups in total. The highest BCUT2D eigenvalue weighted by Crippen LogP contribution is 2.22. The van der Waals surface area contributed by atoms with E-state index in [2.05, 4.69) is 4.90 Å². The van der Waals surface area contributed by atoms with Gasteiger partial charge in [0.1, 0.15) is 0 Å². The van der Waals surface area contributed by atoms with Crippen molar-refractivity contribution in [2.45, 2.75) is 44.8 Å². The summed E-state index contributed by atoms with van der Waals surface area (Å²) in [5.74, 6) is 0.187. The number of hydrogen-bond donors (Lipinski definition) is 0. The van der Waals surface area contributed by atoms with Gasteiger partial charge in [-0.3, -0.25) is 4.79 Å². The van der Waals surface area contributed by atoms with Gasteiger partial charge in [-0.2, -0.15) is 0 Å². The Morgan fingerprint density at radius 2 is 1.72 bits per heavy atom. The molecule has 0 unspecified atom stereocenters. The van der Waals surface area contributed by atoms with Crippen LogP contribution in [0.25, 0.3) is 0 Å². The van der Waals surface area contributed by atoms with Crippen molar-refractivity contribution in [3.05, 3.63) is 6.42 Å². The van der Waals surface area contributed by atoms with E-state index < -0.39 is 0 Å². The fraction of sp³-hybridized carbons (Fsp3) is 0.857. The van der Waals surface area contributed by atoms with E-state index >= 15 is 0 Å². The zero-order valence-electron chi connectivity index (χ0n) is 11.6. The number of amides is 1. The highest BCUT2D eigenvalue weighted by molar-refractivity contribution is 5.84. The summed E-state index contributed by atoms with van der Waals surface area (Å²) in [6, 6.07) is 0.670. The van der Waals surface area contributed by atoms with E-state index in [4.69, 9.17) is 4.74 Å². The normalized spacial score (nSPS) is 24.4. The molecule has 0 aromatic carbocycles. The lowest BCUT2D eigenvalue weighted by atomic mass is 9.98. The topological polar surface area (TPSA) is 32.8 Å². The minimum absolute atomic E-state index is 0.187. The third kappa shape index (κ3) is 3.23. The summed E-state index contributed by atoms with van der Waals surface area (Å²) in [7, 11) is 1.81. The van der Waals surface area contributed by atoms with Crippen molar-refractivity contribution < 1.29 is 9.53 Å². The van der Waals surface area contributed by atoms with E-state index in [1.54, 1.807) is 6.42 Å². The smallest absolute Gasteiger partial charge is 0.226 e. The highest BCUT2D eigenvalue weighted by atomic mass is 16.5. The number of hydrogen-bond acceptors (Lipinski definition) is 3. The second kappa shape index (κ2) is 6.53. The molecule has 2 aliphatic heterocycles. The van der Waals surface area contributed by atoms with Crippen LogP contribution in [-0.4, -0.2) is 61.1 Å². The molecule has 18 heavy (non-hydrogen) atoms. The van der Waals surface area contributed by atoms with Crippen molar-refractivity contribution in [3.63, 3.8) is 0 Å². The first kappa shape index (κ1) is 13.8. The molecule has 4 heteroatoms. The van der Waals surface area contributed by atoms with Crippen molar-refractivity contribution in [3.8, 4) is 0 Å². The molecule has 2 aliphatic rings. The van der Waals surface area contributed by atoms with Crippen LogP contribution in [0.3, 0.4) is 0 Å². The molecule has 1 radical (unpaired) electrons. The zero-order valence-corrected chi connectivity index (χ0v) is 11.6. The van der Waals surface area contributed by atoms with Crippen molar-refractivity contribution in [2.75, 3.05) is 33.3 Å².